The standard InChI is InChI=1S/C15H28N2S/c1-6-7-13(4)17(5)11-15-9-8-14(18-15)10-16-12(2)3/h8-9,12-13,16H,6-7,10-11H2,1-5H3. The van der Waals surface area contributed by atoms with Gasteiger partial charge in [0.05, 0.1) is 0 Å². The highest BCUT2D eigenvalue weighted by Crippen LogP contribution is 2.19. The largest absolute Gasteiger partial charge is 0.310 e. The SMILES string of the molecule is CCCC(C)N(C)Cc1ccc(CNC(C)C)s1. The molecule has 1 N–H and O–H groups in total. The van der Waals surface area contributed by atoms with Crippen molar-refractivity contribution in [2.75, 3.05) is 7.05 Å². The Bertz CT molecular complexity index is 333. The molecule has 0 aliphatic heterocycles. The average Bonchev–Trinajstić information content (AvgIpc) is 2.74. The van der Waals surface area contributed by atoms with Gasteiger partial charge in [0.25, 0.3) is 0 Å². The van der Waals surface area contributed by atoms with E-state index in [0.29, 0.717) is 12.1 Å². The predicted molar refractivity (Wildman–Crippen MR) is 82.1 cm³/mol. The Hall–Kier alpha value is -0.380. The van der Waals surface area contributed by atoms with Gasteiger partial charge < -0.3 is 5.32 Å². The number of rotatable bonds is 8. The summed E-state index contributed by atoms with van der Waals surface area (Å²) in [6, 6.07) is 5.77. The van der Waals surface area contributed by atoms with Crippen LogP contribution in [0.5, 0.6) is 0 Å². The monoisotopic (exact) mass is 268 g/mol. The van der Waals surface area contributed by atoms with Gasteiger partial charge in [-0.3, -0.25) is 4.90 Å². The van der Waals surface area contributed by atoms with Crippen LogP contribution < -0.4 is 5.32 Å². The lowest BCUT2D eigenvalue weighted by Gasteiger charge is -2.23. The van der Waals surface area contributed by atoms with Gasteiger partial charge in [-0.2, -0.15) is 0 Å². The lowest BCUT2D eigenvalue weighted by molar-refractivity contribution is 0.239. The summed E-state index contributed by atoms with van der Waals surface area (Å²) in [5.74, 6) is 0. The van der Waals surface area contributed by atoms with Gasteiger partial charge >= 0.3 is 0 Å². The molecule has 3 heteroatoms. The second-order valence-corrected chi connectivity index (χ2v) is 6.71. The zero-order chi connectivity index (χ0) is 13.5. The minimum absolute atomic E-state index is 0.558. The van der Waals surface area contributed by atoms with E-state index in [9.17, 15) is 0 Å². The Morgan fingerprint density at radius 1 is 1.22 bits per heavy atom. The van der Waals surface area contributed by atoms with E-state index in [1.165, 1.54) is 22.6 Å². The highest BCUT2D eigenvalue weighted by atomic mass is 32.1. The smallest absolute Gasteiger partial charge is 0.0327 e. The minimum Gasteiger partial charge on any atom is -0.310 e. The van der Waals surface area contributed by atoms with E-state index in [1.807, 2.05) is 11.3 Å². The molecule has 0 aliphatic carbocycles. The molecule has 18 heavy (non-hydrogen) atoms. The van der Waals surface area contributed by atoms with Gasteiger partial charge in [-0.05, 0) is 32.5 Å². The highest BCUT2D eigenvalue weighted by molar-refractivity contribution is 7.11. The summed E-state index contributed by atoms with van der Waals surface area (Å²) < 4.78 is 0. The Labute approximate surface area is 116 Å². The Balaban J connectivity index is 2.43. The minimum atomic E-state index is 0.558. The Morgan fingerprint density at radius 3 is 2.50 bits per heavy atom. The molecule has 0 amide bonds. The molecule has 104 valence electrons. The van der Waals surface area contributed by atoms with Crippen LogP contribution in [0.25, 0.3) is 0 Å². The number of nitrogens with one attached hydrogen (secondary N) is 1. The highest BCUT2D eigenvalue weighted by Gasteiger charge is 2.10. The maximum Gasteiger partial charge on any atom is 0.0327 e. The van der Waals surface area contributed by atoms with Crippen molar-refractivity contribution in [1.82, 2.24) is 10.2 Å². The molecule has 0 aliphatic rings. The van der Waals surface area contributed by atoms with E-state index in [2.05, 4.69) is 57.1 Å². The van der Waals surface area contributed by atoms with Crippen molar-refractivity contribution in [2.24, 2.45) is 0 Å². The van der Waals surface area contributed by atoms with Gasteiger partial charge in [0.15, 0.2) is 0 Å². The van der Waals surface area contributed by atoms with Crippen molar-refractivity contribution in [3.63, 3.8) is 0 Å². The number of hydrogen-bond acceptors (Lipinski definition) is 3. The molecule has 1 unspecified atom stereocenters. The third kappa shape index (κ3) is 5.51. The fourth-order valence-corrected chi connectivity index (χ4v) is 2.98. The first-order chi connectivity index (χ1) is 8.52. The second kappa shape index (κ2) is 7.93. The molecule has 1 aromatic rings. The first-order valence-corrected chi connectivity index (χ1v) is 7.85. The van der Waals surface area contributed by atoms with Gasteiger partial charge in [0.1, 0.15) is 0 Å². The molecule has 0 fully saturated rings. The summed E-state index contributed by atoms with van der Waals surface area (Å²) in [6.07, 6.45) is 2.54. The molecule has 0 saturated heterocycles. The van der Waals surface area contributed by atoms with E-state index >= 15 is 0 Å². The third-order valence-corrected chi connectivity index (χ3v) is 4.34. The maximum atomic E-state index is 3.47. The van der Waals surface area contributed by atoms with Crippen LogP contribution in [-0.2, 0) is 13.1 Å². The van der Waals surface area contributed by atoms with Crippen molar-refractivity contribution in [2.45, 2.75) is 65.7 Å². The summed E-state index contributed by atoms with van der Waals surface area (Å²) in [4.78, 5) is 5.37. The molecular formula is C15H28N2S. The summed E-state index contributed by atoms with van der Waals surface area (Å²) in [6.45, 7) is 11.0. The topological polar surface area (TPSA) is 15.3 Å². The number of thiophene rings is 1. The quantitative estimate of drug-likeness (QED) is 0.770. The summed E-state index contributed by atoms with van der Waals surface area (Å²) in [5.41, 5.74) is 0. The Morgan fingerprint density at radius 2 is 1.89 bits per heavy atom. The van der Waals surface area contributed by atoms with Crippen LogP contribution in [-0.4, -0.2) is 24.0 Å². The molecule has 0 spiro atoms. The molecule has 1 aromatic heterocycles. The molecule has 0 radical (unpaired) electrons. The van der Waals surface area contributed by atoms with Crippen LogP contribution in [0.1, 0.15) is 50.3 Å². The molecule has 1 heterocycles. The van der Waals surface area contributed by atoms with Gasteiger partial charge in [0, 0.05) is 34.9 Å². The van der Waals surface area contributed by atoms with Crippen LogP contribution >= 0.6 is 11.3 Å². The molecule has 1 rings (SSSR count). The zero-order valence-corrected chi connectivity index (χ0v) is 13.3. The molecule has 0 bridgehead atoms. The number of hydrogen-bond donors (Lipinski definition) is 1. The van der Waals surface area contributed by atoms with Gasteiger partial charge in [-0.1, -0.05) is 27.2 Å². The second-order valence-electron chi connectivity index (χ2n) is 5.46. The molecular weight excluding hydrogens is 240 g/mol. The van der Waals surface area contributed by atoms with E-state index < -0.39 is 0 Å². The first kappa shape index (κ1) is 15.7. The molecule has 2 nitrogen and oxygen atoms in total. The van der Waals surface area contributed by atoms with Crippen LogP contribution in [0.4, 0.5) is 0 Å². The molecule has 1 atom stereocenters. The third-order valence-electron chi connectivity index (χ3n) is 3.27. The Kier molecular flexibility index (Phi) is 6.90. The normalized spacial score (nSPS) is 13.5. The molecule has 0 saturated carbocycles. The van der Waals surface area contributed by atoms with Crippen molar-refractivity contribution in [3.05, 3.63) is 21.9 Å². The van der Waals surface area contributed by atoms with Crippen LogP contribution in [0.15, 0.2) is 12.1 Å². The maximum absolute atomic E-state index is 3.47. The van der Waals surface area contributed by atoms with Crippen LogP contribution in [0.2, 0.25) is 0 Å². The van der Waals surface area contributed by atoms with Gasteiger partial charge in [-0.25, -0.2) is 0 Å². The first-order valence-electron chi connectivity index (χ1n) is 7.04. The fraction of sp³-hybridized carbons (Fsp3) is 0.733. The zero-order valence-electron chi connectivity index (χ0n) is 12.5. The number of nitrogens with zero attached hydrogens (tertiary/aromatic N) is 1. The lowest BCUT2D eigenvalue weighted by Crippen LogP contribution is -2.27. The molecule has 0 aromatic carbocycles. The lowest BCUT2D eigenvalue weighted by atomic mass is 10.2. The summed E-state index contributed by atoms with van der Waals surface area (Å²) in [5, 5.41) is 3.47. The van der Waals surface area contributed by atoms with Crippen molar-refractivity contribution in [1.29, 1.82) is 0 Å². The summed E-state index contributed by atoms with van der Waals surface area (Å²) in [7, 11) is 2.23. The fourth-order valence-electron chi connectivity index (χ4n) is 1.95. The van der Waals surface area contributed by atoms with E-state index in [4.69, 9.17) is 0 Å². The van der Waals surface area contributed by atoms with Gasteiger partial charge in [0.2, 0.25) is 0 Å². The summed E-state index contributed by atoms with van der Waals surface area (Å²) >= 11 is 1.93. The van der Waals surface area contributed by atoms with Crippen molar-refractivity contribution >= 4 is 11.3 Å². The van der Waals surface area contributed by atoms with Crippen molar-refractivity contribution < 1.29 is 0 Å². The van der Waals surface area contributed by atoms with Crippen LogP contribution in [0, 0.1) is 0 Å². The van der Waals surface area contributed by atoms with Crippen LogP contribution in [0.3, 0.4) is 0 Å². The predicted octanol–water partition coefficient (Wildman–Crippen LogP) is 3.87. The van der Waals surface area contributed by atoms with E-state index in [1.54, 1.807) is 0 Å². The average molecular weight is 268 g/mol. The van der Waals surface area contributed by atoms with Gasteiger partial charge in [-0.15, -0.1) is 11.3 Å². The van der Waals surface area contributed by atoms with E-state index in [0.717, 1.165) is 13.1 Å². The van der Waals surface area contributed by atoms with E-state index in [-0.39, 0.29) is 0 Å². The van der Waals surface area contributed by atoms with Crippen molar-refractivity contribution in [3.8, 4) is 0 Å².